The fourth-order valence-electron chi connectivity index (χ4n) is 3.70. The van der Waals surface area contributed by atoms with Crippen LogP contribution in [0, 0.1) is 0 Å². The Labute approximate surface area is 177 Å². The summed E-state index contributed by atoms with van der Waals surface area (Å²) < 4.78 is 2.19. The first-order valence-electron chi connectivity index (χ1n) is 9.93. The highest BCUT2D eigenvalue weighted by atomic mass is 16.2. The highest BCUT2D eigenvalue weighted by molar-refractivity contribution is 5.97. The van der Waals surface area contributed by atoms with E-state index in [1.165, 1.54) is 5.56 Å². The smallest absolute Gasteiger partial charge is 0.253 e. The maximum atomic E-state index is 12.5. The second kappa shape index (κ2) is 7.67. The summed E-state index contributed by atoms with van der Waals surface area (Å²) in [6.45, 7) is 6.86. The summed E-state index contributed by atoms with van der Waals surface area (Å²) >= 11 is 0. The van der Waals surface area contributed by atoms with Crippen LogP contribution in [-0.2, 0) is 6.54 Å². The number of imidazole rings is 1. The Morgan fingerprint density at radius 2 is 1.87 bits per heavy atom. The molecule has 0 aliphatic carbocycles. The lowest BCUT2D eigenvalue weighted by atomic mass is 10.1. The van der Waals surface area contributed by atoms with Gasteiger partial charge in [0.05, 0.1) is 11.0 Å². The van der Waals surface area contributed by atoms with Crippen LogP contribution in [0.3, 0.4) is 0 Å². The summed E-state index contributed by atoms with van der Waals surface area (Å²) in [5, 5.41) is 0. The topological polar surface area (TPSA) is 41.4 Å². The average Bonchev–Trinajstić information content (AvgIpc) is 3.09. The molecule has 0 saturated heterocycles. The van der Waals surface area contributed by atoms with Gasteiger partial charge in [0, 0.05) is 50.7 Å². The summed E-state index contributed by atoms with van der Waals surface area (Å²) in [5.74, 6) is 0.858. The van der Waals surface area contributed by atoms with Crippen LogP contribution in [0.2, 0.25) is 0 Å². The van der Waals surface area contributed by atoms with Crippen LogP contribution < -0.4 is 0 Å². The van der Waals surface area contributed by atoms with Crippen molar-refractivity contribution in [2.24, 2.45) is 0 Å². The van der Waals surface area contributed by atoms with Gasteiger partial charge in [0.1, 0.15) is 5.82 Å². The maximum absolute atomic E-state index is 12.5. The van der Waals surface area contributed by atoms with Crippen LogP contribution >= 0.6 is 0 Å². The Kier molecular flexibility index (Phi) is 5.04. The summed E-state index contributed by atoms with van der Waals surface area (Å²) in [6.07, 6.45) is 4.18. The van der Waals surface area contributed by atoms with E-state index in [1.807, 2.05) is 48.3 Å². The van der Waals surface area contributed by atoms with Gasteiger partial charge in [0.2, 0.25) is 0 Å². The van der Waals surface area contributed by atoms with E-state index >= 15 is 0 Å². The fourth-order valence-corrected chi connectivity index (χ4v) is 3.70. The van der Waals surface area contributed by atoms with Gasteiger partial charge in [-0.2, -0.15) is 0 Å². The molecular weight excluding hydrogens is 372 g/mol. The van der Waals surface area contributed by atoms with Crippen LogP contribution in [0.4, 0.5) is 0 Å². The zero-order valence-electron chi connectivity index (χ0n) is 17.9. The van der Waals surface area contributed by atoms with Gasteiger partial charge in [-0.05, 0) is 42.3 Å². The molecule has 0 atom stereocenters. The minimum atomic E-state index is -0.0189. The van der Waals surface area contributed by atoms with Crippen molar-refractivity contribution in [2.45, 2.75) is 13.5 Å². The summed E-state index contributed by atoms with van der Waals surface area (Å²) in [6, 6.07) is 16.0. The second-order valence-corrected chi connectivity index (χ2v) is 7.88. The number of amides is 1. The molecule has 0 unspecified atom stereocenters. The SMILES string of the molecule is C=C1C(C)=CC(c2nc3ccc(C(=O)N(C)C)cc3n2Cc2ccccc2)=CN1C. The minimum Gasteiger partial charge on any atom is -0.351 e. The molecular formula is C25H26N4O. The van der Waals surface area contributed by atoms with Crippen molar-refractivity contribution < 1.29 is 4.79 Å². The molecule has 5 nitrogen and oxygen atoms in total. The first kappa shape index (κ1) is 19.7. The Morgan fingerprint density at radius 3 is 2.53 bits per heavy atom. The summed E-state index contributed by atoms with van der Waals surface area (Å²) in [4.78, 5) is 21.1. The lowest BCUT2D eigenvalue weighted by Crippen LogP contribution is -2.21. The predicted octanol–water partition coefficient (Wildman–Crippen LogP) is 4.53. The van der Waals surface area contributed by atoms with Crippen molar-refractivity contribution in [1.29, 1.82) is 0 Å². The van der Waals surface area contributed by atoms with E-state index < -0.39 is 0 Å². The monoisotopic (exact) mass is 398 g/mol. The van der Waals surface area contributed by atoms with Crippen molar-refractivity contribution in [3.63, 3.8) is 0 Å². The van der Waals surface area contributed by atoms with Crippen LogP contribution in [0.25, 0.3) is 16.6 Å². The number of carbonyl (C=O) groups is 1. The van der Waals surface area contributed by atoms with Crippen LogP contribution in [0.15, 0.2) is 78.7 Å². The van der Waals surface area contributed by atoms with Gasteiger partial charge < -0.3 is 14.4 Å². The first-order valence-corrected chi connectivity index (χ1v) is 9.93. The van der Waals surface area contributed by atoms with E-state index in [0.717, 1.165) is 33.7 Å². The van der Waals surface area contributed by atoms with Gasteiger partial charge in [-0.1, -0.05) is 36.9 Å². The molecule has 1 aliphatic heterocycles. The Hall–Kier alpha value is -3.60. The van der Waals surface area contributed by atoms with Crippen molar-refractivity contribution >= 4 is 22.5 Å². The lowest BCUT2D eigenvalue weighted by molar-refractivity contribution is 0.0827. The summed E-state index contributed by atoms with van der Waals surface area (Å²) in [5.41, 5.74) is 6.76. The van der Waals surface area contributed by atoms with E-state index in [2.05, 4.69) is 42.5 Å². The highest BCUT2D eigenvalue weighted by Gasteiger charge is 2.20. The number of hydrogen-bond acceptors (Lipinski definition) is 3. The third-order valence-electron chi connectivity index (χ3n) is 5.43. The van der Waals surface area contributed by atoms with Crippen molar-refractivity contribution in [3.8, 4) is 0 Å². The average molecular weight is 399 g/mol. The standard InChI is InChI=1S/C25H26N4O/c1-17-13-21(16-28(5)18(17)2)24-26-22-12-11-20(25(30)27(3)4)14-23(22)29(24)15-19-9-7-6-8-10-19/h6-14,16H,2,15H2,1,3-5H3. The van der Waals surface area contributed by atoms with E-state index in [0.29, 0.717) is 12.1 Å². The number of fused-ring (bicyclic) bond motifs is 1. The molecule has 1 aromatic heterocycles. The molecule has 5 heteroatoms. The van der Waals surface area contributed by atoms with Crippen LogP contribution in [-0.4, -0.2) is 46.4 Å². The van der Waals surface area contributed by atoms with Gasteiger partial charge in [0.25, 0.3) is 5.91 Å². The largest absolute Gasteiger partial charge is 0.351 e. The number of likely N-dealkylation sites (N-methyl/N-ethyl adjacent to an activating group) is 1. The van der Waals surface area contributed by atoms with E-state index in [1.54, 1.807) is 19.0 Å². The molecule has 1 aliphatic rings. The number of nitrogens with zero attached hydrogens (tertiary/aromatic N) is 4. The highest BCUT2D eigenvalue weighted by Crippen LogP contribution is 2.30. The number of aromatic nitrogens is 2. The third-order valence-corrected chi connectivity index (χ3v) is 5.43. The molecule has 0 spiro atoms. The molecule has 2 aromatic carbocycles. The number of carbonyl (C=O) groups excluding carboxylic acids is 1. The summed E-state index contributed by atoms with van der Waals surface area (Å²) in [7, 11) is 5.53. The molecule has 1 amide bonds. The predicted molar refractivity (Wildman–Crippen MR) is 122 cm³/mol. The van der Waals surface area contributed by atoms with Gasteiger partial charge in [0.15, 0.2) is 0 Å². The first-order chi connectivity index (χ1) is 14.3. The molecule has 4 rings (SSSR count). The number of allylic oxidation sites excluding steroid dienone is 3. The molecule has 0 N–H and O–H groups in total. The fraction of sp³-hybridized carbons (Fsp3) is 0.200. The number of rotatable bonds is 4. The Bertz CT molecular complexity index is 1200. The van der Waals surface area contributed by atoms with Gasteiger partial charge >= 0.3 is 0 Å². The second-order valence-electron chi connectivity index (χ2n) is 7.88. The molecule has 30 heavy (non-hydrogen) atoms. The Balaban J connectivity index is 1.91. The van der Waals surface area contributed by atoms with E-state index in [-0.39, 0.29) is 5.91 Å². The molecule has 0 bridgehead atoms. The molecule has 0 radical (unpaired) electrons. The zero-order chi connectivity index (χ0) is 21.4. The van der Waals surface area contributed by atoms with Crippen molar-refractivity contribution in [1.82, 2.24) is 19.4 Å². The molecule has 3 aromatic rings. The molecule has 0 saturated carbocycles. The number of hydrogen-bond donors (Lipinski definition) is 0. The maximum Gasteiger partial charge on any atom is 0.253 e. The lowest BCUT2D eigenvalue weighted by Gasteiger charge is -2.24. The van der Waals surface area contributed by atoms with Crippen molar-refractivity contribution in [3.05, 3.63) is 95.6 Å². The Morgan fingerprint density at radius 1 is 1.13 bits per heavy atom. The van der Waals surface area contributed by atoms with Gasteiger partial charge in [-0.15, -0.1) is 0 Å². The minimum absolute atomic E-state index is 0.0189. The van der Waals surface area contributed by atoms with E-state index in [9.17, 15) is 4.79 Å². The quantitative estimate of drug-likeness (QED) is 0.648. The third kappa shape index (κ3) is 3.54. The normalized spacial score (nSPS) is 14.0. The van der Waals surface area contributed by atoms with E-state index in [4.69, 9.17) is 4.98 Å². The molecule has 0 fully saturated rings. The van der Waals surface area contributed by atoms with Gasteiger partial charge in [-0.3, -0.25) is 4.79 Å². The zero-order valence-corrected chi connectivity index (χ0v) is 17.9. The van der Waals surface area contributed by atoms with Crippen LogP contribution in [0.5, 0.6) is 0 Å². The van der Waals surface area contributed by atoms with Crippen LogP contribution in [0.1, 0.15) is 28.7 Å². The molecule has 152 valence electrons. The molecule has 2 heterocycles. The number of benzene rings is 2. The van der Waals surface area contributed by atoms with Gasteiger partial charge in [-0.25, -0.2) is 4.98 Å². The van der Waals surface area contributed by atoms with Crippen molar-refractivity contribution in [2.75, 3.05) is 21.1 Å².